The number of rotatable bonds is 4. The van der Waals surface area contributed by atoms with E-state index in [2.05, 4.69) is 5.16 Å². The monoisotopic (exact) mass is 217 g/mol. The molecule has 1 saturated heterocycles. The van der Waals surface area contributed by atoms with Gasteiger partial charge < -0.3 is 14.0 Å². The van der Waals surface area contributed by atoms with Gasteiger partial charge >= 0.3 is 0 Å². The lowest BCUT2D eigenvalue weighted by Crippen LogP contribution is -2.03. The maximum Gasteiger partial charge on any atom is 0.166 e. The minimum atomic E-state index is 0.272. The number of hydrogen-bond acceptors (Lipinski definition) is 4. The van der Waals surface area contributed by atoms with E-state index in [0.29, 0.717) is 6.61 Å². The molecule has 0 radical (unpaired) electrons. The zero-order valence-electron chi connectivity index (χ0n) is 8.63. The number of nitrogens with zero attached hydrogens (tertiary/aromatic N) is 1. The quantitative estimate of drug-likeness (QED) is 0.736. The molecule has 82 valence electrons. The standard InChI is InChI=1S/C12H11NO3/c1-2-9(12-4-5-13-16-12)6-10(3-1)14-7-11-8-15-11/h1-6,11H,7-8H2/t11-/m1/s1. The highest BCUT2D eigenvalue weighted by Gasteiger charge is 2.23. The first-order valence-electron chi connectivity index (χ1n) is 5.17. The molecule has 1 aliphatic heterocycles. The molecule has 3 rings (SSSR count). The Morgan fingerprint density at radius 2 is 2.31 bits per heavy atom. The molecule has 0 amide bonds. The number of benzene rings is 1. The first-order chi connectivity index (χ1) is 7.92. The van der Waals surface area contributed by atoms with E-state index in [4.69, 9.17) is 14.0 Å². The second-order valence-corrected chi connectivity index (χ2v) is 3.67. The fourth-order valence-electron chi connectivity index (χ4n) is 1.46. The summed E-state index contributed by atoms with van der Waals surface area (Å²) >= 11 is 0. The first-order valence-corrected chi connectivity index (χ1v) is 5.17. The highest BCUT2D eigenvalue weighted by molar-refractivity contribution is 5.58. The highest BCUT2D eigenvalue weighted by Crippen LogP contribution is 2.24. The maximum absolute atomic E-state index is 5.58. The van der Waals surface area contributed by atoms with E-state index in [0.717, 1.165) is 23.7 Å². The van der Waals surface area contributed by atoms with Gasteiger partial charge in [-0.15, -0.1) is 0 Å². The number of hydrogen-bond donors (Lipinski definition) is 0. The molecule has 1 fully saturated rings. The predicted molar refractivity (Wildman–Crippen MR) is 57.2 cm³/mol. The SMILES string of the molecule is c1cc(OC[C@@H]2CO2)cc(-c2ccno2)c1. The van der Waals surface area contributed by atoms with Crippen LogP contribution >= 0.6 is 0 Å². The molecule has 0 unspecified atom stereocenters. The molecule has 16 heavy (non-hydrogen) atoms. The maximum atomic E-state index is 5.58. The Labute approximate surface area is 92.8 Å². The Morgan fingerprint density at radius 1 is 1.38 bits per heavy atom. The van der Waals surface area contributed by atoms with Gasteiger partial charge in [0.25, 0.3) is 0 Å². The van der Waals surface area contributed by atoms with Crippen LogP contribution in [0.3, 0.4) is 0 Å². The van der Waals surface area contributed by atoms with Crippen LogP contribution in [0.25, 0.3) is 11.3 Å². The third-order valence-corrected chi connectivity index (χ3v) is 2.39. The molecule has 1 aliphatic rings. The Balaban J connectivity index is 1.76. The number of epoxide rings is 1. The van der Waals surface area contributed by atoms with Crippen molar-refractivity contribution in [1.29, 1.82) is 0 Å². The Morgan fingerprint density at radius 3 is 3.06 bits per heavy atom. The third kappa shape index (κ3) is 2.06. The first kappa shape index (κ1) is 9.42. The van der Waals surface area contributed by atoms with Crippen LogP contribution in [0.2, 0.25) is 0 Å². The van der Waals surface area contributed by atoms with Gasteiger partial charge in [0.2, 0.25) is 0 Å². The average Bonchev–Trinajstić information content (AvgIpc) is 2.99. The Kier molecular flexibility index (Phi) is 2.34. The summed E-state index contributed by atoms with van der Waals surface area (Å²) in [5.74, 6) is 1.57. The van der Waals surface area contributed by atoms with E-state index in [1.807, 2.05) is 30.3 Å². The van der Waals surface area contributed by atoms with Crippen LogP contribution in [0, 0.1) is 0 Å². The summed E-state index contributed by atoms with van der Waals surface area (Å²) in [4.78, 5) is 0. The van der Waals surface area contributed by atoms with Gasteiger partial charge in [-0.2, -0.15) is 0 Å². The molecule has 0 spiro atoms. The summed E-state index contributed by atoms with van der Waals surface area (Å²) in [7, 11) is 0. The van der Waals surface area contributed by atoms with Crippen LogP contribution in [0.5, 0.6) is 5.75 Å². The van der Waals surface area contributed by atoms with Crippen molar-refractivity contribution in [2.75, 3.05) is 13.2 Å². The van der Waals surface area contributed by atoms with E-state index in [1.54, 1.807) is 6.20 Å². The van der Waals surface area contributed by atoms with Crippen LogP contribution in [0.15, 0.2) is 41.1 Å². The highest BCUT2D eigenvalue weighted by atomic mass is 16.6. The lowest BCUT2D eigenvalue weighted by Gasteiger charge is -2.04. The van der Waals surface area contributed by atoms with Crippen LogP contribution in [0.1, 0.15) is 0 Å². The van der Waals surface area contributed by atoms with Crippen LogP contribution in [-0.4, -0.2) is 24.5 Å². The lowest BCUT2D eigenvalue weighted by atomic mass is 10.2. The van der Waals surface area contributed by atoms with E-state index >= 15 is 0 Å². The molecule has 2 heterocycles. The average molecular weight is 217 g/mol. The van der Waals surface area contributed by atoms with Crippen molar-refractivity contribution in [3.8, 4) is 17.1 Å². The summed E-state index contributed by atoms with van der Waals surface area (Å²) in [5, 5.41) is 3.68. The van der Waals surface area contributed by atoms with Gasteiger partial charge in [-0.25, -0.2) is 0 Å². The summed E-state index contributed by atoms with van der Waals surface area (Å²) in [6.07, 6.45) is 1.90. The molecule has 1 atom stereocenters. The minimum Gasteiger partial charge on any atom is -0.491 e. The molecule has 2 aromatic rings. The molecule has 1 aromatic heterocycles. The Bertz CT molecular complexity index is 463. The summed E-state index contributed by atoms with van der Waals surface area (Å²) in [6, 6.07) is 9.57. The van der Waals surface area contributed by atoms with Gasteiger partial charge in [0.05, 0.1) is 12.8 Å². The molecule has 0 bridgehead atoms. The van der Waals surface area contributed by atoms with E-state index in [1.165, 1.54) is 0 Å². The molecular weight excluding hydrogens is 206 g/mol. The second kappa shape index (κ2) is 3.98. The van der Waals surface area contributed by atoms with Crippen LogP contribution in [0.4, 0.5) is 0 Å². The molecule has 4 nitrogen and oxygen atoms in total. The van der Waals surface area contributed by atoms with Crippen molar-refractivity contribution in [2.24, 2.45) is 0 Å². The van der Waals surface area contributed by atoms with Crippen molar-refractivity contribution < 1.29 is 14.0 Å². The van der Waals surface area contributed by atoms with E-state index < -0.39 is 0 Å². The molecule has 0 saturated carbocycles. The summed E-state index contributed by atoms with van der Waals surface area (Å²) < 4.78 is 15.7. The summed E-state index contributed by atoms with van der Waals surface area (Å²) in [6.45, 7) is 1.42. The van der Waals surface area contributed by atoms with Crippen LogP contribution < -0.4 is 4.74 Å². The van der Waals surface area contributed by atoms with E-state index in [-0.39, 0.29) is 6.10 Å². The van der Waals surface area contributed by atoms with Crippen molar-refractivity contribution in [3.63, 3.8) is 0 Å². The molecule has 0 aliphatic carbocycles. The van der Waals surface area contributed by atoms with Gasteiger partial charge in [-0.1, -0.05) is 17.3 Å². The van der Waals surface area contributed by atoms with Crippen molar-refractivity contribution in [3.05, 3.63) is 36.5 Å². The van der Waals surface area contributed by atoms with E-state index in [9.17, 15) is 0 Å². The van der Waals surface area contributed by atoms with Gasteiger partial charge in [0, 0.05) is 11.6 Å². The Hall–Kier alpha value is -1.81. The molecule has 1 aromatic carbocycles. The van der Waals surface area contributed by atoms with Crippen molar-refractivity contribution in [2.45, 2.75) is 6.10 Å². The van der Waals surface area contributed by atoms with Gasteiger partial charge in [0.15, 0.2) is 5.76 Å². The lowest BCUT2D eigenvalue weighted by molar-refractivity contribution is 0.263. The van der Waals surface area contributed by atoms with Crippen molar-refractivity contribution >= 4 is 0 Å². The van der Waals surface area contributed by atoms with Gasteiger partial charge in [0.1, 0.15) is 18.5 Å². The number of ether oxygens (including phenoxy) is 2. The van der Waals surface area contributed by atoms with Crippen molar-refractivity contribution in [1.82, 2.24) is 5.16 Å². The van der Waals surface area contributed by atoms with Crippen LogP contribution in [-0.2, 0) is 4.74 Å². The zero-order chi connectivity index (χ0) is 10.8. The topological polar surface area (TPSA) is 47.8 Å². The second-order valence-electron chi connectivity index (χ2n) is 3.67. The molecule has 0 N–H and O–H groups in total. The third-order valence-electron chi connectivity index (χ3n) is 2.39. The molecule has 4 heteroatoms. The fraction of sp³-hybridized carbons (Fsp3) is 0.250. The fourth-order valence-corrected chi connectivity index (χ4v) is 1.46. The zero-order valence-corrected chi connectivity index (χ0v) is 8.63. The number of aromatic nitrogens is 1. The molecular formula is C12H11NO3. The minimum absolute atomic E-state index is 0.272. The predicted octanol–water partition coefficient (Wildman–Crippen LogP) is 2.12. The van der Waals surface area contributed by atoms with Gasteiger partial charge in [-0.05, 0) is 12.1 Å². The van der Waals surface area contributed by atoms with Gasteiger partial charge in [-0.3, -0.25) is 0 Å². The normalized spacial score (nSPS) is 18.4. The summed E-state index contributed by atoms with van der Waals surface area (Å²) in [5.41, 5.74) is 0.965. The largest absolute Gasteiger partial charge is 0.491 e. The smallest absolute Gasteiger partial charge is 0.166 e.